The molecule has 2 aromatic carbocycles. The van der Waals surface area contributed by atoms with E-state index < -0.39 is 0 Å². The van der Waals surface area contributed by atoms with Crippen molar-refractivity contribution in [2.24, 2.45) is 12.8 Å². The number of amidine groups is 1. The SMILES string of the molecule is CNC(=O)c1ccc(-c2ccc(-c3nn(C)c(-c4nc5ccc(C(=N)N)cc5[nH]4)c3O)cc2)cn1. The maximum Gasteiger partial charge on any atom is 0.269 e. The molecule has 10 nitrogen and oxygen atoms in total. The van der Waals surface area contributed by atoms with Crippen LogP contribution in [0.2, 0.25) is 0 Å². The number of amides is 1. The maximum absolute atomic E-state index is 11.7. The maximum atomic E-state index is 11.7. The number of nitrogens with one attached hydrogen (secondary N) is 3. The number of carbonyl (C=O) groups excluding carboxylic acids is 1. The number of fused-ring (bicyclic) bond motifs is 1. The molecule has 0 fully saturated rings. The zero-order valence-corrected chi connectivity index (χ0v) is 19.0. The van der Waals surface area contributed by atoms with Crippen LogP contribution < -0.4 is 11.1 Å². The molecule has 3 aromatic heterocycles. The number of imidazole rings is 1. The van der Waals surface area contributed by atoms with Crippen LogP contribution in [0.5, 0.6) is 5.75 Å². The molecule has 0 aliphatic rings. The minimum Gasteiger partial charge on any atom is -0.504 e. The summed E-state index contributed by atoms with van der Waals surface area (Å²) in [5, 5.41) is 25.7. The average Bonchev–Trinajstić information content (AvgIpc) is 3.42. The zero-order chi connectivity index (χ0) is 24.7. The van der Waals surface area contributed by atoms with E-state index in [1.807, 2.05) is 30.3 Å². The number of aromatic nitrogens is 5. The van der Waals surface area contributed by atoms with Crippen LogP contribution in [-0.2, 0) is 7.05 Å². The summed E-state index contributed by atoms with van der Waals surface area (Å²) in [5.41, 5.74) is 11.3. The van der Waals surface area contributed by atoms with Crippen LogP contribution in [0.4, 0.5) is 0 Å². The Labute approximate surface area is 200 Å². The summed E-state index contributed by atoms with van der Waals surface area (Å²) < 4.78 is 1.57. The number of pyridine rings is 1. The van der Waals surface area contributed by atoms with Crippen LogP contribution in [0.1, 0.15) is 16.1 Å². The lowest BCUT2D eigenvalue weighted by Crippen LogP contribution is -2.18. The van der Waals surface area contributed by atoms with Crippen molar-refractivity contribution in [1.29, 1.82) is 5.41 Å². The first-order valence-electron chi connectivity index (χ1n) is 10.7. The summed E-state index contributed by atoms with van der Waals surface area (Å²) in [6, 6.07) is 16.3. The Bertz CT molecular complexity index is 1580. The van der Waals surface area contributed by atoms with Crippen LogP contribution in [0.15, 0.2) is 60.8 Å². The van der Waals surface area contributed by atoms with Crippen molar-refractivity contribution in [1.82, 2.24) is 30.0 Å². The number of hydrogen-bond donors (Lipinski definition) is 5. The first kappa shape index (κ1) is 21.8. The molecule has 0 radical (unpaired) electrons. The summed E-state index contributed by atoms with van der Waals surface area (Å²) in [6.45, 7) is 0. The highest BCUT2D eigenvalue weighted by Crippen LogP contribution is 2.37. The molecule has 0 aliphatic heterocycles. The van der Waals surface area contributed by atoms with Crippen molar-refractivity contribution in [2.75, 3.05) is 7.05 Å². The Morgan fingerprint density at radius 1 is 1.09 bits per heavy atom. The molecule has 0 atom stereocenters. The average molecular weight is 467 g/mol. The number of hydrogen-bond acceptors (Lipinski definition) is 6. The molecule has 0 spiro atoms. The second-order valence-electron chi connectivity index (χ2n) is 7.99. The van der Waals surface area contributed by atoms with Crippen molar-refractivity contribution in [3.05, 3.63) is 72.1 Å². The Balaban J connectivity index is 1.46. The topological polar surface area (TPSA) is 159 Å². The molecular formula is C25H22N8O2. The fraction of sp³-hybridized carbons (Fsp3) is 0.0800. The number of carbonyl (C=O) groups is 1. The number of aryl methyl sites for hydroxylation is 1. The van der Waals surface area contributed by atoms with E-state index in [0.717, 1.165) is 16.7 Å². The van der Waals surface area contributed by atoms with E-state index in [1.165, 1.54) is 0 Å². The van der Waals surface area contributed by atoms with Crippen LogP contribution in [0.25, 0.3) is 44.9 Å². The minimum absolute atomic E-state index is 0.00250. The number of nitrogen functional groups attached to an aromatic ring is 1. The third-order valence-electron chi connectivity index (χ3n) is 5.75. The van der Waals surface area contributed by atoms with Gasteiger partial charge in [-0.15, -0.1) is 0 Å². The van der Waals surface area contributed by atoms with E-state index in [1.54, 1.807) is 49.2 Å². The van der Waals surface area contributed by atoms with Crippen LogP contribution >= 0.6 is 0 Å². The fourth-order valence-electron chi connectivity index (χ4n) is 3.91. The standard InChI is InChI=1S/C25H22N8O2/c1-28-25(35)18-10-8-16(12-29-18)13-3-5-14(6-4-13)20-22(34)21(33(2)32-20)24-30-17-9-7-15(23(26)27)11-19(17)31-24/h3-12,34H,1-2H3,(H3,26,27)(H,28,35)(H,30,31). The zero-order valence-electron chi connectivity index (χ0n) is 19.0. The van der Waals surface area contributed by atoms with Gasteiger partial charge in [0.25, 0.3) is 5.91 Å². The fourth-order valence-corrected chi connectivity index (χ4v) is 3.91. The minimum atomic E-state index is -0.239. The first-order chi connectivity index (χ1) is 16.9. The monoisotopic (exact) mass is 466 g/mol. The van der Waals surface area contributed by atoms with Crippen molar-refractivity contribution in [3.8, 4) is 39.7 Å². The molecule has 5 rings (SSSR count). The van der Waals surface area contributed by atoms with Gasteiger partial charge in [0.15, 0.2) is 11.6 Å². The molecule has 0 unspecified atom stereocenters. The summed E-state index contributed by atoms with van der Waals surface area (Å²) in [5.74, 6) is 0.188. The van der Waals surface area contributed by atoms with Gasteiger partial charge in [-0.3, -0.25) is 19.9 Å². The van der Waals surface area contributed by atoms with Crippen molar-refractivity contribution < 1.29 is 9.90 Å². The van der Waals surface area contributed by atoms with E-state index in [9.17, 15) is 9.90 Å². The number of nitrogens with zero attached hydrogens (tertiary/aromatic N) is 4. The lowest BCUT2D eigenvalue weighted by atomic mass is 10.0. The molecule has 35 heavy (non-hydrogen) atoms. The second kappa shape index (κ2) is 8.41. The number of aromatic hydroxyl groups is 1. The Morgan fingerprint density at radius 3 is 2.46 bits per heavy atom. The van der Waals surface area contributed by atoms with Gasteiger partial charge in [0.1, 0.15) is 22.9 Å². The summed E-state index contributed by atoms with van der Waals surface area (Å²) >= 11 is 0. The predicted molar refractivity (Wildman–Crippen MR) is 133 cm³/mol. The van der Waals surface area contributed by atoms with Crippen LogP contribution in [0, 0.1) is 5.41 Å². The first-order valence-corrected chi connectivity index (χ1v) is 10.7. The highest BCUT2D eigenvalue weighted by Gasteiger charge is 2.21. The van der Waals surface area contributed by atoms with E-state index in [-0.39, 0.29) is 17.5 Å². The van der Waals surface area contributed by atoms with Gasteiger partial charge in [0.05, 0.1) is 11.0 Å². The molecule has 1 amide bonds. The highest BCUT2D eigenvalue weighted by molar-refractivity contribution is 5.98. The van der Waals surface area contributed by atoms with E-state index in [0.29, 0.717) is 39.5 Å². The van der Waals surface area contributed by atoms with Crippen LogP contribution in [-0.4, -0.2) is 48.6 Å². The van der Waals surface area contributed by atoms with E-state index in [2.05, 4.69) is 25.4 Å². The third kappa shape index (κ3) is 3.86. The number of nitrogens with two attached hydrogens (primary N) is 1. The molecule has 5 aromatic rings. The van der Waals surface area contributed by atoms with Crippen molar-refractivity contribution >= 4 is 22.8 Å². The molecular weight excluding hydrogens is 444 g/mol. The van der Waals surface area contributed by atoms with Crippen molar-refractivity contribution in [2.45, 2.75) is 0 Å². The van der Waals surface area contributed by atoms with E-state index in [4.69, 9.17) is 11.1 Å². The Kier molecular flexibility index (Phi) is 5.25. The van der Waals surface area contributed by atoms with Gasteiger partial charge >= 0.3 is 0 Å². The lowest BCUT2D eigenvalue weighted by Gasteiger charge is -2.05. The molecule has 6 N–H and O–H groups in total. The third-order valence-corrected chi connectivity index (χ3v) is 5.75. The largest absolute Gasteiger partial charge is 0.504 e. The van der Waals surface area contributed by atoms with Crippen molar-refractivity contribution in [3.63, 3.8) is 0 Å². The summed E-state index contributed by atoms with van der Waals surface area (Å²) in [4.78, 5) is 23.6. The van der Waals surface area contributed by atoms with Gasteiger partial charge in [0, 0.05) is 37.0 Å². The number of rotatable bonds is 5. The molecule has 0 aliphatic carbocycles. The normalized spacial score (nSPS) is 11.0. The number of H-pyrrole nitrogens is 1. The molecule has 0 saturated carbocycles. The van der Waals surface area contributed by atoms with Gasteiger partial charge in [-0.2, -0.15) is 5.10 Å². The molecule has 0 bridgehead atoms. The quantitative estimate of drug-likeness (QED) is 0.198. The number of aromatic amines is 1. The lowest BCUT2D eigenvalue weighted by molar-refractivity contribution is 0.0958. The van der Waals surface area contributed by atoms with Gasteiger partial charge in [-0.05, 0) is 29.8 Å². The Morgan fingerprint density at radius 2 is 1.80 bits per heavy atom. The van der Waals surface area contributed by atoms with Gasteiger partial charge in [0.2, 0.25) is 0 Å². The highest BCUT2D eigenvalue weighted by atomic mass is 16.3. The van der Waals surface area contributed by atoms with E-state index >= 15 is 0 Å². The Hall–Kier alpha value is -4.99. The molecule has 174 valence electrons. The summed E-state index contributed by atoms with van der Waals surface area (Å²) in [6.07, 6.45) is 1.65. The summed E-state index contributed by atoms with van der Waals surface area (Å²) in [7, 11) is 3.30. The molecule has 3 heterocycles. The second-order valence-corrected chi connectivity index (χ2v) is 7.99. The predicted octanol–water partition coefficient (Wildman–Crippen LogP) is 3.04. The number of benzene rings is 2. The van der Waals surface area contributed by atoms with Gasteiger partial charge in [-0.1, -0.05) is 30.3 Å². The van der Waals surface area contributed by atoms with Gasteiger partial charge < -0.3 is 21.1 Å². The smallest absolute Gasteiger partial charge is 0.269 e. The molecule has 0 saturated heterocycles. The van der Waals surface area contributed by atoms with Gasteiger partial charge in [-0.25, -0.2) is 4.98 Å². The molecule has 10 heteroatoms. The van der Waals surface area contributed by atoms with Crippen LogP contribution in [0.3, 0.4) is 0 Å².